The maximum atomic E-state index is 4.86. The molecule has 232 valence electrons. The SMILES string of the molecule is CC1(C)c2cc(-c3ccc(-c4nc5ccccc5s4)cc3)ccc2-c2ccc(-c3cccc(-n4c5ccccc5c5ccccc54)c3)cc21. The zero-order valence-corrected chi connectivity index (χ0v) is 28.1. The molecule has 0 spiro atoms. The van der Waals surface area contributed by atoms with Crippen molar-refractivity contribution in [1.29, 1.82) is 0 Å². The molecular weight excluding hydrogens is 613 g/mol. The topological polar surface area (TPSA) is 17.8 Å². The van der Waals surface area contributed by atoms with E-state index in [0.717, 1.165) is 16.1 Å². The highest BCUT2D eigenvalue weighted by Gasteiger charge is 2.36. The Bertz CT molecular complexity index is 2660. The van der Waals surface area contributed by atoms with Crippen LogP contribution in [0.25, 0.3) is 81.7 Å². The molecule has 3 heteroatoms. The molecule has 2 aromatic heterocycles. The second-order valence-electron chi connectivity index (χ2n) is 13.6. The zero-order chi connectivity index (χ0) is 32.7. The average molecular weight is 645 g/mol. The predicted octanol–water partition coefficient (Wildman–Crippen LogP) is 12.7. The highest BCUT2D eigenvalue weighted by atomic mass is 32.1. The Labute approximate surface area is 289 Å². The van der Waals surface area contributed by atoms with E-state index in [1.807, 2.05) is 0 Å². The summed E-state index contributed by atoms with van der Waals surface area (Å²) in [7, 11) is 0. The van der Waals surface area contributed by atoms with Crippen LogP contribution in [0.1, 0.15) is 25.0 Å². The van der Waals surface area contributed by atoms with Gasteiger partial charge in [0.2, 0.25) is 0 Å². The number of para-hydroxylation sites is 3. The Kier molecular flexibility index (Phi) is 6.12. The molecule has 0 radical (unpaired) electrons. The Morgan fingerprint density at radius 2 is 1.04 bits per heavy atom. The monoisotopic (exact) mass is 644 g/mol. The molecule has 0 atom stereocenters. The first kappa shape index (κ1) is 28.3. The molecule has 1 aliphatic carbocycles. The molecule has 2 nitrogen and oxygen atoms in total. The van der Waals surface area contributed by atoms with Gasteiger partial charge in [0.15, 0.2) is 0 Å². The van der Waals surface area contributed by atoms with Crippen molar-refractivity contribution < 1.29 is 0 Å². The number of fused-ring (bicyclic) bond motifs is 7. The zero-order valence-electron chi connectivity index (χ0n) is 27.3. The lowest BCUT2D eigenvalue weighted by molar-refractivity contribution is 0.661. The predicted molar refractivity (Wildman–Crippen MR) is 208 cm³/mol. The van der Waals surface area contributed by atoms with Crippen molar-refractivity contribution in [3.8, 4) is 49.6 Å². The van der Waals surface area contributed by atoms with Crippen LogP contribution in [-0.4, -0.2) is 9.55 Å². The van der Waals surface area contributed by atoms with Gasteiger partial charge in [0.1, 0.15) is 5.01 Å². The fourth-order valence-corrected chi connectivity index (χ4v) is 8.89. The van der Waals surface area contributed by atoms with E-state index in [1.54, 1.807) is 11.3 Å². The normalized spacial score (nSPS) is 13.3. The smallest absolute Gasteiger partial charge is 0.124 e. The first-order valence-corrected chi connectivity index (χ1v) is 17.7. The quantitative estimate of drug-likeness (QED) is 0.186. The Hall–Kier alpha value is -5.77. The molecule has 0 unspecified atom stereocenters. The molecule has 2 heterocycles. The standard InChI is InChI=1S/C46H32N2S/c1-46(2)39-27-32(29-18-20-30(21-19-29)45-47-41-14-5-8-17-44(41)49-45)22-24-35(39)36-25-23-33(28-40(36)46)31-10-9-11-34(26-31)48-42-15-6-3-12-37(42)38-13-4-7-16-43(38)48/h3-28H,1-2H3. The molecule has 49 heavy (non-hydrogen) atoms. The molecule has 9 aromatic rings. The second-order valence-corrected chi connectivity index (χ2v) is 14.7. The summed E-state index contributed by atoms with van der Waals surface area (Å²) >= 11 is 1.75. The summed E-state index contributed by atoms with van der Waals surface area (Å²) in [6.07, 6.45) is 0. The van der Waals surface area contributed by atoms with E-state index in [0.29, 0.717) is 0 Å². The Morgan fingerprint density at radius 3 is 1.71 bits per heavy atom. The minimum absolute atomic E-state index is 0.123. The first-order chi connectivity index (χ1) is 24.0. The van der Waals surface area contributed by atoms with E-state index < -0.39 is 0 Å². The van der Waals surface area contributed by atoms with Gasteiger partial charge in [-0.25, -0.2) is 4.98 Å². The van der Waals surface area contributed by atoms with Gasteiger partial charge < -0.3 is 4.57 Å². The summed E-state index contributed by atoms with van der Waals surface area (Å²) in [6, 6.07) is 57.7. The van der Waals surface area contributed by atoms with Crippen LogP contribution in [0.3, 0.4) is 0 Å². The van der Waals surface area contributed by atoms with Crippen molar-refractivity contribution in [2.24, 2.45) is 0 Å². The molecule has 10 rings (SSSR count). The lowest BCUT2D eigenvalue weighted by atomic mass is 9.81. The third-order valence-corrected chi connectivity index (χ3v) is 11.5. The molecule has 0 N–H and O–H groups in total. The van der Waals surface area contributed by atoms with Crippen LogP contribution >= 0.6 is 11.3 Å². The molecule has 0 fully saturated rings. The number of rotatable bonds is 4. The molecule has 0 saturated heterocycles. The van der Waals surface area contributed by atoms with E-state index in [1.165, 1.54) is 76.7 Å². The fraction of sp³-hybridized carbons (Fsp3) is 0.0652. The van der Waals surface area contributed by atoms with E-state index >= 15 is 0 Å². The van der Waals surface area contributed by atoms with E-state index in [-0.39, 0.29) is 5.41 Å². The van der Waals surface area contributed by atoms with Gasteiger partial charge in [-0.2, -0.15) is 0 Å². The highest BCUT2D eigenvalue weighted by Crippen LogP contribution is 2.51. The van der Waals surface area contributed by atoms with E-state index in [4.69, 9.17) is 4.98 Å². The van der Waals surface area contributed by atoms with Gasteiger partial charge in [-0.1, -0.05) is 123 Å². The lowest BCUT2D eigenvalue weighted by Crippen LogP contribution is -2.15. The highest BCUT2D eigenvalue weighted by molar-refractivity contribution is 7.21. The van der Waals surface area contributed by atoms with Gasteiger partial charge in [-0.3, -0.25) is 0 Å². The number of benzene rings is 7. The molecule has 1 aliphatic rings. The molecule has 0 amide bonds. The summed E-state index contributed by atoms with van der Waals surface area (Å²) in [5.41, 5.74) is 16.1. The maximum absolute atomic E-state index is 4.86. The molecule has 7 aromatic carbocycles. The van der Waals surface area contributed by atoms with Crippen LogP contribution < -0.4 is 0 Å². The molecule has 0 saturated carbocycles. The summed E-state index contributed by atoms with van der Waals surface area (Å²) in [4.78, 5) is 4.86. The number of thiazole rings is 1. The van der Waals surface area contributed by atoms with Crippen LogP contribution in [0.4, 0.5) is 0 Å². The third-order valence-electron chi connectivity index (χ3n) is 10.5. The average Bonchev–Trinajstić information content (AvgIpc) is 3.80. The first-order valence-electron chi connectivity index (χ1n) is 16.9. The molecular formula is C46H32N2S. The van der Waals surface area contributed by atoms with Crippen LogP contribution in [-0.2, 0) is 5.41 Å². The van der Waals surface area contributed by atoms with Crippen molar-refractivity contribution in [2.45, 2.75) is 19.3 Å². The summed E-state index contributed by atoms with van der Waals surface area (Å²) in [6.45, 7) is 4.74. The van der Waals surface area contributed by atoms with Gasteiger partial charge >= 0.3 is 0 Å². The van der Waals surface area contributed by atoms with Crippen molar-refractivity contribution in [2.75, 3.05) is 0 Å². The minimum atomic E-state index is -0.123. The van der Waals surface area contributed by atoms with Crippen molar-refractivity contribution in [1.82, 2.24) is 9.55 Å². The van der Waals surface area contributed by atoms with Gasteiger partial charge in [0, 0.05) is 27.4 Å². The molecule has 0 bridgehead atoms. The number of hydrogen-bond acceptors (Lipinski definition) is 2. The van der Waals surface area contributed by atoms with Crippen molar-refractivity contribution in [3.63, 3.8) is 0 Å². The van der Waals surface area contributed by atoms with Crippen LogP contribution in [0.5, 0.6) is 0 Å². The third kappa shape index (κ3) is 4.36. The van der Waals surface area contributed by atoms with E-state index in [2.05, 4.69) is 176 Å². The lowest BCUT2D eigenvalue weighted by Gasteiger charge is -2.23. The number of hydrogen-bond donors (Lipinski definition) is 0. The maximum Gasteiger partial charge on any atom is 0.124 e. The van der Waals surface area contributed by atoms with Gasteiger partial charge in [0.05, 0.1) is 21.3 Å². The van der Waals surface area contributed by atoms with Gasteiger partial charge in [0.25, 0.3) is 0 Å². The van der Waals surface area contributed by atoms with Crippen LogP contribution in [0, 0.1) is 0 Å². The van der Waals surface area contributed by atoms with Crippen molar-refractivity contribution >= 4 is 43.4 Å². The van der Waals surface area contributed by atoms with Gasteiger partial charge in [-0.15, -0.1) is 11.3 Å². The summed E-state index contributed by atoms with van der Waals surface area (Å²) < 4.78 is 3.62. The van der Waals surface area contributed by atoms with Crippen LogP contribution in [0.15, 0.2) is 158 Å². The van der Waals surface area contributed by atoms with Gasteiger partial charge in [-0.05, 0) is 93.0 Å². The second kappa shape index (κ2) is 10.6. The minimum Gasteiger partial charge on any atom is -0.309 e. The summed E-state index contributed by atoms with van der Waals surface area (Å²) in [5.74, 6) is 0. The number of nitrogens with zero attached hydrogens (tertiary/aromatic N) is 2. The summed E-state index contributed by atoms with van der Waals surface area (Å²) in [5, 5.41) is 3.63. The fourth-order valence-electron chi connectivity index (χ4n) is 7.92. The largest absolute Gasteiger partial charge is 0.309 e. The Balaban J connectivity index is 0.997. The van der Waals surface area contributed by atoms with E-state index in [9.17, 15) is 0 Å². The molecule has 0 aliphatic heterocycles. The Morgan fingerprint density at radius 1 is 0.490 bits per heavy atom. The van der Waals surface area contributed by atoms with Crippen molar-refractivity contribution in [3.05, 3.63) is 169 Å². The van der Waals surface area contributed by atoms with Crippen LogP contribution in [0.2, 0.25) is 0 Å². The number of aromatic nitrogens is 2.